The molecule has 19 heavy (non-hydrogen) atoms. The Balaban J connectivity index is 0.00000180. The Morgan fingerprint density at radius 1 is 1.32 bits per heavy atom. The number of hydrogen-bond donors (Lipinski definition) is 2. The zero-order chi connectivity index (χ0) is 13.0. The van der Waals surface area contributed by atoms with Crippen LogP contribution < -0.4 is 10.6 Å². The molecule has 1 aliphatic heterocycles. The molecule has 0 radical (unpaired) electrons. The van der Waals surface area contributed by atoms with Crippen LogP contribution in [0.3, 0.4) is 0 Å². The molecule has 5 heteroatoms. The van der Waals surface area contributed by atoms with Gasteiger partial charge in [-0.05, 0) is 24.1 Å². The second-order valence-electron chi connectivity index (χ2n) is 5.25. The number of benzene rings is 1. The van der Waals surface area contributed by atoms with E-state index in [0.29, 0.717) is 0 Å². The Kier molecular flexibility index (Phi) is 6.03. The molecular weight excluding hydrogens is 356 g/mol. The van der Waals surface area contributed by atoms with Gasteiger partial charge >= 0.3 is 0 Å². The zero-order valence-corrected chi connectivity index (χ0v) is 13.7. The molecule has 2 rings (SSSR count). The molecule has 0 saturated heterocycles. The minimum atomic E-state index is -0.194. The molecule has 1 aromatic carbocycles. The third-order valence-electron chi connectivity index (χ3n) is 3.22. The molecule has 1 aromatic rings. The second kappa shape index (κ2) is 7.07. The third-order valence-corrected chi connectivity index (χ3v) is 3.22. The van der Waals surface area contributed by atoms with Gasteiger partial charge in [0.25, 0.3) is 0 Å². The molecule has 106 valence electrons. The average Bonchev–Trinajstić information content (AvgIpc) is 2.38. The lowest BCUT2D eigenvalue weighted by Crippen LogP contribution is -2.45. The Bertz CT molecular complexity index is 429. The van der Waals surface area contributed by atoms with Crippen molar-refractivity contribution in [2.45, 2.75) is 25.7 Å². The van der Waals surface area contributed by atoms with Gasteiger partial charge < -0.3 is 10.6 Å². The highest BCUT2D eigenvalue weighted by atomic mass is 127. The molecular formula is C14H21FIN3. The first-order chi connectivity index (χ1) is 8.58. The summed E-state index contributed by atoms with van der Waals surface area (Å²) < 4.78 is 12.9. The van der Waals surface area contributed by atoms with Crippen LogP contribution in [0.5, 0.6) is 0 Å². The van der Waals surface area contributed by atoms with E-state index in [9.17, 15) is 4.39 Å². The van der Waals surface area contributed by atoms with Gasteiger partial charge in [0.15, 0.2) is 5.96 Å². The van der Waals surface area contributed by atoms with Gasteiger partial charge in [0, 0.05) is 25.0 Å². The molecule has 0 saturated carbocycles. The molecule has 0 unspecified atom stereocenters. The summed E-state index contributed by atoms with van der Waals surface area (Å²) in [6.07, 6.45) is 1.09. The lowest BCUT2D eigenvalue weighted by molar-refractivity contribution is 0.504. The van der Waals surface area contributed by atoms with Crippen molar-refractivity contribution in [1.29, 1.82) is 0 Å². The predicted octanol–water partition coefficient (Wildman–Crippen LogP) is 2.66. The summed E-state index contributed by atoms with van der Waals surface area (Å²) in [6.45, 7) is 6.90. The topological polar surface area (TPSA) is 36.4 Å². The standard InChI is InChI=1S/C14H20FN3.HI/c1-14(2,11-4-6-12(15)7-5-11)10-18-13-16-8-3-9-17-13;/h4-7H,3,8-10H2,1-2H3,(H2,16,17,18);1H. The van der Waals surface area contributed by atoms with Crippen LogP contribution in [0.15, 0.2) is 29.3 Å². The predicted molar refractivity (Wildman–Crippen MR) is 87.8 cm³/mol. The van der Waals surface area contributed by atoms with Crippen LogP contribution in [-0.2, 0) is 5.41 Å². The van der Waals surface area contributed by atoms with Crippen LogP contribution in [0.4, 0.5) is 4.39 Å². The SMILES string of the molecule is CC(C)(CNC1=NCCCN1)c1ccc(F)cc1.I. The highest BCUT2D eigenvalue weighted by Crippen LogP contribution is 2.22. The molecule has 0 aromatic heterocycles. The van der Waals surface area contributed by atoms with Gasteiger partial charge in [-0.25, -0.2) is 4.39 Å². The highest BCUT2D eigenvalue weighted by Gasteiger charge is 2.21. The Hall–Kier alpha value is -0.850. The van der Waals surface area contributed by atoms with E-state index >= 15 is 0 Å². The number of hydrogen-bond acceptors (Lipinski definition) is 3. The van der Waals surface area contributed by atoms with E-state index in [1.54, 1.807) is 0 Å². The fourth-order valence-corrected chi connectivity index (χ4v) is 1.96. The monoisotopic (exact) mass is 377 g/mol. The molecule has 1 aliphatic rings. The van der Waals surface area contributed by atoms with Gasteiger partial charge in [-0.15, -0.1) is 24.0 Å². The molecule has 0 aliphatic carbocycles. The normalized spacial score (nSPS) is 15.0. The number of rotatable bonds is 3. The molecule has 2 N–H and O–H groups in total. The van der Waals surface area contributed by atoms with Gasteiger partial charge in [-0.2, -0.15) is 0 Å². The number of halogens is 2. The van der Waals surface area contributed by atoms with Crippen LogP contribution in [0.2, 0.25) is 0 Å². The van der Waals surface area contributed by atoms with Gasteiger partial charge in [0.05, 0.1) is 0 Å². The summed E-state index contributed by atoms with van der Waals surface area (Å²) in [4.78, 5) is 4.37. The quantitative estimate of drug-likeness (QED) is 0.795. The fourth-order valence-electron chi connectivity index (χ4n) is 1.96. The van der Waals surface area contributed by atoms with Crippen molar-refractivity contribution in [2.24, 2.45) is 4.99 Å². The highest BCUT2D eigenvalue weighted by molar-refractivity contribution is 14.0. The molecule has 3 nitrogen and oxygen atoms in total. The lowest BCUT2D eigenvalue weighted by Gasteiger charge is -2.27. The summed E-state index contributed by atoms with van der Waals surface area (Å²) >= 11 is 0. The first-order valence-electron chi connectivity index (χ1n) is 6.36. The van der Waals surface area contributed by atoms with E-state index in [1.165, 1.54) is 12.1 Å². The van der Waals surface area contributed by atoms with Crippen LogP contribution >= 0.6 is 24.0 Å². The zero-order valence-electron chi connectivity index (χ0n) is 11.4. The van der Waals surface area contributed by atoms with Crippen molar-refractivity contribution in [3.63, 3.8) is 0 Å². The van der Waals surface area contributed by atoms with E-state index < -0.39 is 0 Å². The van der Waals surface area contributed by atoms with Crippen molar-refractivity contribution >= 4 is 29.9 Å². The molecule has 0 spiro atoms. The van der Waals surface area contributed by atoms with Crippen molar-refractivity contribution in [1.82, 2.24) is 10.6 Å². The number of aliphatic imine (C=N–C) groups is 1. The molecule has 0 atom stereocenters. The van der Waals surface area contributed by atoms with E-state index in [2.05, 4.69) is 29.5 Å². The van der Waals surface area contributed by atoms with Crippen LogP contribution in [0, 0.1) is 5.82 Å². The molecule has 0 amide bonds. The average molecular weight is 377 g/mol. The fraction of sp³-hybridized carbons (Fsp3) is 0.500. The second-order valence-corrected chi connectivity index (χ2v) is 5.25. The van der Waals surface area contributed by atoms with E-state index in [0.717, 1.165) is 37.6 Å². The summed E-state index contributed by atoms with van der Waals surface area (Å²) in [5.41, 5.74) is 1.06. The van der Waals surface area contributed by atoms with Gasteiger partial charge in [0.1, 0.15) is 5.82 Å². The lowest BCUT2D eigenvalue weighted by atomic mass is 9.84. The number of nitrogens with one attached hydrogen (secondary N) is 2. The summed E-state index contributed by atoms with van der Waals surface area (Å²) in [6, 6.07) is 6.70. The van der Waals surface area contributed by atoms with E-state index in [1.807, 2.05) is 12.1 Å². The van der Waals surface area contributed by atoms with Gasteiger partial charge in [-0.3, -0.25) is 4.99 Å². The van der Waals surface area contributed by atoms with Crippen molar-refractivity contribution in [3.8, 4) is 0 Å². The first kappa shape index (κ1) is 16.2. The van der Waals surface area contributed by atoms with Crippen molar-refractivity contribution < 1.29 is 4.39 Å². The summed E-state index contributed by atoms with van der Waals surface area (Å²) in [5, 5.41) is 6.55. The van der Waals surface area contributed by atoms with Crippen LogP contribution in [-0.4, -0.2) is 25.6 Å². The maximum Gasteiger partial charge on any atom is 0.191 e. The van der Waals surface area contributed by atoms with Crippen LogP contribution in [0.1, 0.15) is 25.8 Å². The van der Waals surface area contributed by atoms with E-state index in [4.69, 9.17) is 0 Å². The third kappa shape index (κ3) is 4.63. The van der Waals surface area contributed by atoms with Crippen molar-refractivity contribution in [3.05, 3.63) is 35.6 Å². The summed E-state index contributed by atoms with van der Waals surface area (Å²) in [7, 11) is 0. The number of guanidine groups is 1. The molecule has 0 fully saturated rings. The minimum absolute atomic E-state index is 0. The Morgan fingerprint density at radius 3 is 2.58 bits per heavy atom. The Labute approximate surface area is 131 Å². The van der Waals surface area contributed by atoms with Gasteiger partial charge in [0.2, 0.25) is 0 Å². The van der Waals surface area contributed by atoms with Crippen molar-refractivity contribution in [2.75, 3.05) is 19.6 Å². The largest absolute Gasteiger partial charge is 0.356 e. The maximum absolute atomic E-state index is 12.9. The summed E-state index contributed by atoms with van der Waals surface area (Å²) in [5.74, 6) is 0.678. The Morgan fingerprint density at radius 2 is 2.00 bits per heavy atom. The van der Waals surface area contributed by atoms with E-state index in [-0.39, 0.29) is 35.2 Å². The molecule has 1 heterocycles. The van der Waals surface area contributed by atoms with Crippen LogP contribution in [0.25, 0.3) is 0 Å². The molecule has 0 bridgehead atoms. The van der Waals surface area contributed by atoms with Gasteiger partial charge in [-0.1, -0.05) is 26.0 Å². The maximum atomic E-state index is 12.9. The minimum Gasteiger partial charge on any atom is -0.356 e. The first-order valence-corrected chi connectivity index (χ1v) is 6.36. The smallest absolute Gasteiger partial charge is 0.191 e. The number of nitrogens with zero attached hydrogens (tertiary/aromatic N) is 1.